The van der Waals surface area contributed by atoms with Crippen molar-refractivity contribution >= 4 is 17.2 Å². The van der Waals surface area contributed by atoms with Crippen molar-refractivity contribution in [2.24, 2.45) is 5.73 Å². The van der Waals surface area contributed by atoms with Crippen LogP contribution < -0.4 is 5.73 Å². The zero-order valence-electron chi connectivity index (χ0n) is 8.31. The summed E-state index contributed by atoms with van der Waals surface area (Å²) in [5.41, 5.74) is 5.88. The first-order valence-corrected chi connectivity index (χ1v) is 5.52. The smallest absolute Gasteiger partial charge is 0.268 e. The van der Waals surface area contributed by atoms with Gasteiger partial charge in [0.15, 0.2) is 0 Å². The van der Waals surface area contributed by atoms with E-state index in [2.05, 4.69) is 4.98 Å². The molecule has 16 heavy (non-hydrogen) atoms. The summed E-state index contributed by atoms with van der Waals surface area (Å²) >= 11 is 1.30. The number of amides is 1. The molecule has 5 heteroatoms. The molecule has 1 amide bonds. The number of aromatic nitrogens is 1. The van der Waals surface area contributed by atoms with Crippen molar-refractivity contribution in [1.29, 1.82) is 0 Å². The number of rotatable bonds is 3. The van der Waals surface area contributed by atoms with Crippen LogP contribution in [0.4, 0.5) is 4.39 Å². The fourth-order valence-corrected chi connectivity index (χ4v) is 2.12. The summed E-state index contributed by atoms with van der Waals surface area (Å²) in [5, 5.41) is 2.26. The summed E-state index contributed by atoms with van der Waals surface area (Å²) in [5.74, 6) is -0.825. The lowest BCUT2D eigenvalue weighted by atomic mass is 10.1. The number of carbonyl (C=O) groups excluding carboxylic acids is 1. The summed E-state index contributed by atoms with van der Waals surface area (Å²) in [6.07, 6.45) is 0.380. The number of nitrogens with two attached hydrogens (primary N) is 1. The number of nitrogens with zero attached hydrogens (tertiary/aromatic N) is 1. The van der Waals surface area contributed by atoms with E-state index in [9.17, 15) is 9.18 Å². The molecular weight excluding hydrogens is 227 g/mol. The Kier molecular flexibility index (Phi) is 2.96. The van der Waals surface area contributed by atoms with Gasteiger partial charge in [-0.2, -0.15) is 0 Å². The lowest BCUT2D eigenvalue weighted by Crippen LogP contribution is -2.11. The van der Waals surface area contributed by atoms with Crippen LogP contribution in [0.25, 0.3) is 0 Å². The number of hydrogen-bond acceptors (Lipinski definition) is 3. The standard InChI is InChI=1S/C11H9FN2OS/c12-8-4-2-1-3-7(8)5-10-14-9(6-16-10)11(13)15/h1-4,6H,5H2,(H2,13,15). The molecule has 2 rings (SSSR count). The van der Waals surface area contributed by atoms with Crippen molar-refractivity contribution in [3.63, 3.8) is 0 Å². The van der Waals surface area contributed by atoms with Crippen molar-refractivity contribution in [2.45, 2.75) is 6.42 Å². The molecule has 1 heterocycles. The van der Waals surface area contributed by atoms with E-state index in [1.807, 2.05) is 0 Å². The summed E-state index contributed by atoms with van der Waals surface area (Å²) < 4.78 is 13.3. The largest absolute Gasteiger partial charge is 0.364 e. The second-order valence-electron chi connectivity index (χ2n) is 3.26. The number of halogens is 1. The molecule has 82 valence electrons. The molecule has 3 nitrogen and oxygen atoms in total. The Morgan fingerprint density at radius 1 is 1.44 bits per heavy atom. The van der Waals surface area contributed by atoms with Crippen LogP contribution in [0.3, 0.4) is 0 Å². The Morgan fingerprint density at radius 2 is 2.19 bits per heavy atom. The van der Waals surface area contributed by atoms with Gasteiger partial charge in [-0.15, -0.1) is 11.3 Å². The first kappa shape index (κ1) is 10.8. The zero-order valence-corrected chi connectivity index (χ0v) is 9.13. The Morgan fingerprint density at radius 3 is 2.81 bits per heavy atom. The molecule has 0 spiro atoms. The maximum atomic E-state index is 13.3. The van der Waals surface area contributed by atoms with Crippen LogP contribution in [0.5, 0.6) is 0 Å². The van der Waals surface area contributed by atoms with Crippen LogP contribution in [-0.4, -0.2) is 10.9 Å². The quantitative estimate of drug-likeness (QED) is 0.885. The average molecular weight is 236 g/mol. The van der Waals surface area contributed by atoms with E-state index in [0.717, 1.165) is 0 Å². The highest BCUT2D eigenvalue weighted by Crippen LogP contribution is 2.16. The van der Waals surface area contributed by atoms with Crippen molar-refractivity contribution in [2.75, 3.05) is 0 Å². The molecule has 0 atom stereocenters. The van der Waals surface area contributed by atoms with Gasteiger partial charge in [-0.3, -0.25) is 4.79 Å². The van der Waals surface area contributed by atoms with Crippen LogP contribution in [0.15, 0.2) is 29.6 Å². The van der Waals surface area contributed by atoms with Gasteiger partial charge in [0.1, 0.15) is 11.5 Å². The van der Waals surface area contributed by atoms with Crippen LogP contribution in [0.2, 0.25) is 0 Å². The Labute approximate surface area is 95.7 Å². The normalized spacial score (nSPS) is 10.3. The van der Waals surface area contributed by atoms with E-state index in [0.29, 0.717) is 17.0 Å². The third-order valence-corrected chi connectivity index (χ3v) is 2.95. The molecule has 2 aromatic rings. The fourth-order valence-electron chi connectivity index (χ4n) is 1.31. The fraction of sp³-hybridized carbons (Fsp3) is 0.0909. The maximum absolute atomic E-state index is 13.3. The summed E-state index contributed by atoms with van der Waals surface area (Å²) in [4.78, 5) is 14.8. The van der Waals surface area contributed by atoms with Crippen LogP contribution >= 0.6 is 11.3 Å². The highest BCUT2D eigenvalue weighted by molar-refractivity contribution is 7.09. The van der Waals surface area contributed by atoms with Crippen molar-refractivity contribution in [1.82, 2.24) is 4.98 Å². The number of hydrogen-bond donors (Lipinski definition) is 1. The molecule has 0 unspecified atom stereocenters. The van der Waals surface area contributed by atoms with Crippen LogP contribution in [-0.2, 0) is 6.42 Å². The third kappa shape index (κ3) is 2.25. The highest BCUT2D eigenvalue weighted by atomic mass is 32.1. The lowest BCUT2D eigenvalue weighted by Gasteiger charge is -1.98. The van der Waals surface area contributed by atoms with Gasteiger partial charge in [0.2, 0.25) is 0 Å². The van der Waals surface area contributed by atoms with E-state index < -0.39 is 5.91 Å². The van der Waals surface area contributed by atoms with Crippen LogP contribution in [0.1, 0.15) is 21.1 Å². The van der Waals surface area contributed by atoms with E-state index in [-0.39, 0.29) is 11.5 Å². The van der Waals surface area contributed by atoms with Gasteiger partial charge < -0.3 is 5.73 Å². The molecule has 0 aliphatic carbocycles. The van der Waals surface area contributed by atoms with Crippen molar-refractivity contribution in [3.05, 3.63) is 51.7 Å². The SMILES string of the molecule is NC(=O)c1csc(Cc2ccccc2F)n1. The maximum Gasteiger partial charge on any atom is 0.268 e. The average Bonchev–Trinajstić information content (AvgIpc) is 2.70. The van der Waals surface area contributed by atoms with Crippen LogP contribution in [0, 0.1) is 5.82 Å². The molecule has 0 aliphatic rings. The van der Waals surface area contributed by atoms with Crippen molar-refractivity contribution in [3.8, 4) is 0 Å². The predicted molar refractivity (Wildman–Crippen MR) is 59.8 cm³/mol. The van der Waals surface area contributed by atoms with Gasteiger partial charge in [0, 0.05) is 11.8 Å². The van der Waals surface area contributed by atoms with Gasteiger partial charge in [-0.05, 0) is 11.6 Å². The molecule has 0 aliphatic heterocycles. The van der Waals surface area contributed by atoms with Gasteiger partial charge in [-0.1, -0.05) is 18.2 Å². The molecule has 0 fully saturated rings. The summed E-state index contributed by atoms with van der Waals surface area (Å²) in [7, 11) is 0. The molecular formula is C11H9FN2OS. The van der Waals surface area contributed by atoms with Gasteiger partial charge >= 0.3 is 0 Å². The van der Waals surface area contributed by atoms with E-state index in [1.165, 1.54) is 17.4 Å². The monoisotopic (exact) mass is 236 g/mol. The first-order valence-electron chi connectivity index (χ1n) is 4.64. The molecule has 0 saturated carbocycles. The Bertz CT molecular complexity index is 524. The topological polar surface area (TPSA) is 56.0 Å². The number of primary amides is 1. The number of benzene rings is 1. The lowest BCUT2D eigenvalue weighted by molar-refractivity contribution is 0.0996. The first-order chi connectivity index (χ1) is 7.66. The minimum absolute atomic E-state index is 0.233. The Hall–Kier alpha value is -1.75. The van der Waals surface area contributed by atoms with E-state index in [4.69, 9.17) is 5.73 Å². The molecule has 1 aromatic carbocycles. The molecule has 0 radical (unpaired) electrons. The molecule has 0 saturated heterocycles. The molecule has 0 bridgehead atoms. The molecule has 2 N–H and O–H groups in total. The third-order valence-electron chi connectivity index (χ3n) is 2.10. The highest BCUT2D eigenvalue weighted by Gasteiger charge is 2.09. The minimum atomic E-state index is -0.559. The predicted octanol–water partition coefficient (Wildman–Crippen LogP) is 1.97. The van der Waals surface area contributed by atoms with Gasteiger partial charge in [0.25, 0.3) is 5.91 Å². The zero-order chi connectivity index (χ0) is 11.5. The van der Waals surface area contributed by atoms with E-state index >= 15 is 0 Å². The Balaban J connectivity index is 2.21. The summed E-state index contributed by atoms with van der Waals surface area (Å²) in [6.45, 7) is 0. The summed E-state index contributed by atoms with van der Waals surface area (Å²) in [6, 6.07) is 6.50. The second kappa shape index (κ2) is 4.40. The van der Waals surface area contributed by atoms with Gasteiger partial charge in [0.05, 0.1) is 5.01 Å². The van der Waals surface area contributed by atoms with Crippen molar-refractivity contribution < 1.29 is 9.18 Å². The van der Waals surface area contributed by atoms with E-state index in [1.54, 1.807) is 23.6 Å². The number of carbonyl (C=O) groups is 1. The van der Waals surface area contributed by atoms with Gasteiger partial charge in [-0.25, -0.2) is 9.37 Å². The minimum Gasteiger partial charge on any atom is -0.364 e. The second-order valence-corrected chi connectivity index (χ2v) is 4.20. The number of thiazole rings is 1. The molecule has 1 aromatic heterocycles.